The van der Waals surface area contributed by atoms with E-state index in [1.165, 1.54) is 11.3 Å². The average Bonchev–Trinajstić information content (AvgIpc) is 2.73. The first-order chi connectivity index (χ1) is 8.39. The van der Waals surface area contributed by atoms with Crippen molar-refractivity contribution in [1.29, 1.82) is 0 Å². The van der Waals surface area contributed by atoms with Crippen molar-refractivity contribution in [3.63, 3.8) is 0 Å². The molecule has 0 radical (unpaired) electrons. The van der Waals surface area contributed by atoms with Crippen LogP contribution < -0.4 is 0 Å². The van der Waals surface area contributed by atoms with E-state index in [0.717, 1.165) is 4.47 Å². The summed E-state index contributed by atoms with van der Waals surface area (Å²) in [4.78, 5) is 12.8. The molecule has 1 fully saturated rings. The number of Topliss-reactive ketones (excluding diaryl/α,β-unsaturated/α-hetero) is 1. The third-order valence-electron chi connectivity index (χ3n) is 3.40. The molecule has 0 N–H and O–H groups in total. The van der Waals surface area contributed by atoms with Crippen molar-refractivity contribution in [3.8, 4) is 0 Å². The summed E-state index contributed by atoms with van der Waals surface area (Å²) in [6, 6.07) is 1.79. The molecule has 1 saturated carbocycles. The van der Waals surface area contributed by atoms with Crippen molar-refractivity contribution in [3.05, 3.63) is 20.8 Å². The Labute approximate surface area is 116 Å². The summed E-state index contributed by atoms with van der Waals surface area (Å²) in [7, 11) is 0. The highest BCUT2D eigenvalue weighted by atomic mass is 79.9. The monoisotopic (exact) mass is 340 g/mol. The van der Waals surface area contributed by atoms with E-state index in [9.17, 15) is 18.0 Å². The first-order valence-electron chi connectivity index (χ1n) is 5.73. The molecule has 1 aliphatic rings. The van der Waals surface area contributed by atoms with Crippen molar-refractivity contribution in [2.45, 2.75) is 31.9 Å². The highest BCUT2D eigenvalue weighted by Crippen LogP contribution is 2.41. The number of halogens is 4. The normalized spacial score (nSPS) is 25.1. The molecule has 1 aromatic heterocycles. The Morgan fingerprint density at radius 3 is 2.33 bits per heavy atom. The number of hydrogen-bond donors (Lipinski definition) is 0. The lowest BCUT2D eigenvalue weighted by molar-refractivity contribution is -0.183. The van der Waals surface area contributed by atoms with Gasteiger partial charge in [-0.25, -0.2) is 0 Å². The lowest BCUT2D eigenvalue weighted by Gasteiger charge is -2.28. The first-order valence-corrected chi connectivity index (χ1v) is 7.40. The maximum atomic E-state index is 12.5. The fraction of sp³-hybridized carbons (Fsp3) is 0.583. The summed E-state index contributed by atoms with van der Waals surface area (Å²) in [5.41, 5.74) is 0. The summed E-state index contributed by atoms with van der Waals surface area (Å²) in [5.74, 6) is -1.50. The van der Waals surface area contributed by atoms with Gasteiger partial charge in [-0.05, 0) is 53.1 Å². The van der Waals surface area contributed by atoms with E-state index < -0.39 is 12.1 Å². The Morgan fingerprint density at radius 2 is 1.89 bits per heavy atom. The molecular weight excluding hydrogens is 329 g/mol. The molecule has 0 amide bonds. The Hall–Kier alpha value is -0.360. The molecule has 0 atom stereocenters. The molecule has 18 heavy (non-hydrogen) atoms. The van der Waals surface area contributed by atoms with Gasteiger partial charge in [-0.1, -0.05) is 0 Å². The van der Waals surface area contributed by atoms with Crippen LogP contribution in [0.3, 0.4) is 0 Å². The third kappa shape index (κ3) is 2.96. The molecule has 0 unspecified atom stereocenters. The van der Waals surface area contributed by atoms with Gasteiger partial charge < -0.3 is 0 Å². The largest absolute Gasteiger partial charge is 0.391 e. The highest BCUT2D eigenvalue weighted by Gasteiger charge is 2.42. The molecule has 1 nitrogen and oxygen atoms in total. The number of hydrogen-bond acceptors (Lipinski definition) is 2. The maximum absolute atomic E-state index is 12.5. The maximum Gasteiger partial charge on any atom is 0.391 e. The van der Waals surface area contributed by atoms with Crippen LogP contribution in [0.15, 0.2) is 15.9 Å². The zero-order valence-corrected chi connectivity index (χ0v) is 11.9. The van der Waals surface area contributed by atoms with Gasteiger partial charge in [0.15, 0.2) is 5.78 Å². The second-order valence-electron chi connectivity index (χ2n) is 4.55. The molecule has 0 aliphatic heterocycles. The number of thiophene rings is 1. The van der Waals surface area contributed by atoms with Crippen molar-refractivity contribution in [2.24, 2.45) is 11.8 Å². The summed E-state index contributed by atoms with van der Waals surface area (Å²) < 4.78 is 38.3. The molecule has 0 saturated heterocycles. The van der Waals surface area contributed by atoms with Crippen LogP contribution in [0.5, 0.6) is 0 Å². The van der Waals surface area contributed by atoms with Gasteiger partial charge in [0.1, 0.15) is 0 Å². The van der Waals surface area contributed by atoms with Crippen LogP contribution >= 0.6 is 27.3 Å². The van der Waals surface area contributed by atoms with Gasteiger partial charge in [0.05, 0.1) is 10.8 Å². The first kappa shape index (κ1) is 14.1. The predicted molar refractivity (Wildman–Crippen MR) is 67.9 cm³/mol. The van der Waals surface area contributed by atoms with Crippen molar-refractivity contribution in [1.82, 2.24) is 0 Å². The highest BCUT2D eigenvalue weighted by molar-refractivity contribution is 9.10. The molecule has 1 aliphatic carbocycles. The van der Waals surface area contributed by atoms with Gasteiger partial charge in [0.25, 0.3) is 0 Å². The SMILES string of the molecule is O=C(c1sccc1Br)C1CCC(C(F)(F)F)CC1. The van der Waals surface area contributed by atoms with E-state index in [2.05, 4.69) is 15.9 Å². The molecule has 0 bridgehead atoms. The summed E-state index contributed by atoms with van der Waals surface area (Å²) in [5, 5.41) is 1.80. The molecule has 1 heterocycles. The fourth-order valence-corrected chi connectivity index (χ4v) is 3.92. The minimum atomic E-state index is -4.11. The summed E-state index contributed by atoms with van der Waals surface area (Å²) in [6.45, 7) is 0. The predicted octanol–water partition coefficient (Wildman–Crippen LogP) is 5.06. The zero-order chi connectivity index (χ0) is 13.3. The van der Waals surface area contributed by atoms with Crippen LogP contribution in [-0.2, 0) is 0 Å². The van der Waals surface area contributed by atoms with E-state index in [4.69, 9.17) is 0 Å². The number of carbonyl (C=O) groups excluding carboxylic acids is 1. The fourth-order valence-electron chi connectivity index (χ4n) is 2.34. The van der Waals surface area contributed by atoms with Gasteiger partial charge in [0.2, 0.25) is 0 Å². The third-order valence-corrected chi connectivity index (χ3v) is 5.25. The van der Waals surface area contributed by atoms with Gasteiger partial charge >= 0.3 is 6.18 Å². The standard InChI is InChI=1S/C12H12BrF3OS/c13-9-5-6-18-11(9)10(17)7-1-3-8(4-2-7)12(14,15)16/h5-8H,1-4H2. The minimum absolute atomic E-state index is 0.0162. The molecule has 100 valence electrons. The molecule has 1 aromatic rings. The quantitative estimate of drug-likeness (QED) is 0.687. The second-order valence-corrected chi connectivity index (χ2v) is 6.32. The Balaban J connectivity index is 1.99. The van der Waals surface area contributed by atoms with E-state index in [-0.39, 0.29) is 24.5 Å². The number of ketones is 1. The number of alkyl halides is 3. The van der Waals surface area contributed by atoms with E-state index in [0.29, 0.717) is 17.7 Å². The van der Waals surface area contributed by atoms with Crippen LogP contribution in [0.1, 0.15) is 35.4 Å². The minimum Gasteiger partial charge on any atom is -0.293 e. The van der Waals surface area contributed by atoms with Gasteiger partial charge in [0, 0.05) is 10.4 Å². The Kier molecular flexibility index (Phi) is 4.16. The van der Waals surface area contributed by atoms with Crippen LogP contribution in [-0.4, -0.2) is 12.0 Å². The lowest BCUT2D eigenvalue weighted by Crippen LogP contribution is -2.30. The summed E-state index contributed by atoms with van der Waals surface area (Å²) in [6.07, 6.45) is -3.29. The van der Waals surface area contributed by atoms with Gasteiger partial charge in [-0.3, -0.25) is 4.79 Å². The van der Waals surface area contributed by atoms with Crippen LogP contribution in [0.25, 0.3) is 0 Å². The summed E-state index contributed by atoms with van der Waals surface area (Å²) >= 11 is 4.63. The Bertz CT molecular complexity index is 433. The lowest BCUT2D eigenvalue weighted by atomic mass is 9.79. The molecular formula is C12H12BrF3OS. The molecule has 2 rings (SSSR count). The number of rotatable bonds is 2. The van der Waals surface area contributed by atoms with Crippen molar-refractivity contribution < 1.29 is 18.0 Å². The number of carbonyl (C=O) groups is 1. The van der Waals surface area contributed by atoms with Crippen LogP contribution in [0, 0.1) is 11.8 Å². The van der Waals surface area contributed by atoms with Crippen LogP contribution in [0.2, 0.25) is 0 Å². The van der Waals surface area contributed by atoms with Gasteiger partial charge in [-0.2, -0.15) is 13.2 Å². The van der Waals surface area contributed by atoms with E-state index >= 15 is 0 Å². The topological polar surface area (TPSA) is 17.1 Å². The Morgan fingerprint density at radius 1 is 1.28 bits per heavy atom. The second kappa shape index (κ2) is 5.33. The zero-order valence-electron chi connectivity index (χ0n) is 9.47. The smallest absolute Gasteiger partial charge is 0.293 e. The molecule has 6 heteroatoms. The van der Waals surface area contributed by atoms with Gasteiger partial charge in [-0.15, -0.1) is 11.3 Å². The average molecular weight is 341 g/mol. The molecule has 0 spiro atoms. The van der Waals surface area contributed by atoms with E-state index in [1.54, 1.807) is 11.4 Å². The van der Waals surface area contributed by atoms with Crippen molar-refractivity contribution in [2.75, 3.05) is 0 Å². The van der Waals surface area contributed by atoms with E-state index in [1.807, 2.05) is 0 Å². The molecule has 0 aromatic carbocycles. The van der Waals surface area contributed by atoms with Crippen LogP contribution in [0.4, 0.5) is 13.2 Å². The van der Waals surface area contributed by atoms with Crippen molar-refractivity contribution >= 4 is 33.0 Å².